The Kier molecular flexibility index (Phi) is 2.76. The van der Waals surface area contributed by atoms with Crippen LogP contribution in [0.15, 0.2) is 42.5 Å². The monoisotopic (exact) mass is 260 g/mol. The third kappa shape index (κ3) is 2.22. The van der Waals surface area contributed by atoms with Gasteiger partial charge in [-0.1, -0.05) is 23.7 Å². The van der Waals surface area contributed by atoms with E-state index in [0.29, 0.717) is 11.4 Å². The summed E-state index contributed by atoms with van der Waals surface area (Å²) >= 11 is 5.83. The summed E-state index contributed by atoms with van der Waals surface area (Å²) in [6.07, 6.45) is 0.674. The van der Waals surface area contributed by atoms with Crippen LogP contribution in [0.5, 0.6) is 0 Å². The van der Waals surface area contributed by atoms with Crippen LogP contribution in [0.25, 0.3) is 11.0 Å². The van der Waals surface area contributed by atoms with Crippen LogP contribution in [0.1, 0.15) is 11.4 Å². The Morgan fingerprint density at radius 3 is 2.67 bits per heavy atom. The largest absolute Gasteiger partial charge is 0.342 e. The predicted octanol–water partition coefficient (Wildman–Crippen LogP) is 3.95. The molecule has 3 aromatic rings. The SMILES string of the molecule is Fc1ccc2nc(Cc3ccc(Cl)cc3)[nH]c2c1. The standard InChI is InChI=1S/C14H10ClFN2/c15-10-3-1-9(2-4-10)7-14-17-12-6-5-11(16)8-13(12)18-14/h1-6,8H,7H2,(H,17,18). The fourth-order valence-electron chi connectivity index (χ4n) is 1.91. The number of fused-ring (bicyclic) bond motifs is 1. The van der Waals surface area contributed by atoms with Gasteiger partial charge in [0.05, 0.1) is 11.0 Å². The van der Waals surface area contributed by atoms with E-state index in [4.69, 9.17) is 11.6 Å². The first kappa shape index (κ1) is 11.2. The average Bonchev–Trinajstić information content (AvgIpc) is 2.73. The smallest absolute Gasteiger partial charge is 0.125 e. The van der Waals surface area contributed by atoms with Gasteiger partial charge >= 0.3 is 0 Å². The normalized spacial score (nSPS) is 11.0. The molecule has 0 radical (unpaired) electrons. The van der Waals surface area contributed by atoms with Crippen LogP contribution in [0.4, 0.5) is 4.39 Å². The number of hydrogen-bond acceptors (Lipinski definition) is 1. The van der Waals surface area contributed by atoms with Crippen LogP contribution in [0.2, 0.25) is 5.02 Å². The molecule has 90 valence electrons. The van der Waals surface area contributed by atoms with Gasteiger partial charge in [-0.05, 0) is 35.9 Å². The minimum Gasteiger partial charge on any atom is -0.342 e. The van der Waals surface area contributed by atoms with Crippen molar-refractivity contribution in [1.29, 1.82) is 0 Å². The molecular weight excluding hydrogens is 251 g/mol. The lowest BCUT2D eigenvalue weighted by Gasteiger charge is -1.97. The van der Waals surface area contributed by atoms with E-state index in [2.05, 4.69) is 9.97 Å². The second kappa shape index (κ2) is 4.42. The maximum Gasteiger partial charge on any atom is 0.125 e. The Hall–Kier alpha value is -1.87. The molecule has 1 N–H and O–H groups in total. The van der Waals surface area contributed by atoms with Gasteiger partial charge in [-0.15, -0.1) is 0 Å². The maximum atomic E-state index is 13.1. The van der Waals surface area contributed by atoms with E-state index in [0.717, 1.165) is 22.4 Å². The van der Waals surface area contributed by atoms with Gasteiger partial charge in [0.1, 0.15) is 11.6 Å². The van der Waals surface area contributed by atoms with Gasteiger partial charge in [-0.25, -0.2) is 9.37 Å². The summed E-state index contributed by atoms with van der Waals surface area (Å²) in [5.74, 6) is 0.558. The lowest BCUT2D eigenvalue weighted by atomic mass is 10.1. The van der Waals surface area contributed by atoms with Crippen LogP contribution in [0.3, 0.4) is 0 Å². The highest BCUT2D eigenvalue weighted by molar-refractivity contribution is 6.30. The summed E-state index contributed by atoms with van der Waals surface area (Å²) in [4.78, 5) is 7.53. The molecule has 2 nitrogen and oxygen atoms in total. The fraction of sp³-hybridized carbons (Fsp3) is 0.0714. The molecule has 18 heavy (non-hydrogen) atoms. The van der Waals surface area contributed by atoms with Gasteiger partial charge in [0.25, 0.3) is 0 Å². The second-order valence-corrected chi connectivity index (χ2v) is 4.58. The molecule has 2 aromatic carbocycles. The highest BCUT2D eigenvalue weighted by atomic mass is 35.5. The summed E-state index contributed by atoms with van der Waals surface area (Å²) in [5, 5.41) is 0.713. The van der Waals surface area contributed by atoms with Crippen molar-refractivity contribution in [1.82, 2.24) is 9.97 Å². The molecule has 0 atom stereocenters. The molecule has 1 heterocycles. The number of hydrogen-bond donors (Lipinski definition) is 1. The number of benzene rings is 2. The number of nitrogens with one attached hydrogen (secondary N) is 1. The van der Waals surface area contributed by atoms with Crippen molar-refractivity contribution in [3.63, 3.8) is 0 Å². The van der Waals surface area contributed by atoms with Gasteiger partial charge in [0.15, 0.2) is 0 Å². The molecular formula is C14H10ClFN2. The van der Waals surface area contributed by atoms with Crippen LogP contribution in [0, 0.1) is 5.82 Å². The van der Waals surface area contributed by atoms with Crippen LogP contribution in [-0.2, 0) is 6.42 Å². The second-order valence-electron chi connectivity index (χ2n) is 4.15. The van der Waals surface area contributed by atoms with Gasteiger partial charge < -0.3 is 4.98 Å². The predicted molar refractivity (Wildman–Crippen MR) is 70.3 cm³/mol. The minimum atomic E-state index is -0.260. The number of nitrogens with zero attached hydrogens (tertiary/aromatic N) is 1. The Balaban J connectivity index is 1.92. The van der Waals surface area contributed by atoms with Crippen molar-refractivity contribution >= 4 is 22.6 Å². The lowest BCUT2D eigenvalue weighted by Crippen LogP contribution is -1.89. The quantitative estimate of drug-likeness (QED) is 0.743. The van der Waals surface area contributed by atoms with Gasteiger partial charge in [-0.2, -0.15) is 0 Å². The zero-order valence-corrected chi connectivity index (χ0v) is 10.2. The molecule has 0 aliphatic carbocycles. The minimum absolute atomic E-state index is 0.260. The van der Waals surface area contributed by atoms with Gasteiger partial charge in [0, 0.05) is 11.4 Å². The molecule has 0 saturated heterocycles. The highest BCUT2D eigenvalue weighted by Crippen LogP contribution is 2.16. The van der Waals surface area contributed by atoms with Crippen molar-refractivity contribution in [3.8, 4) is 0 Å². The summed E-state index contributed by atoms with van der Waals surface area (Å²) in [6, 6.07) is 12.1. The zero-order chi connectivity index (χ0) is 12.5. The Morgan fingerprint density at radius 2 is 1.89 bits per heavy atom. The first-order chi connectivity index (χ1) is 8.70. The summed E-state index contributed by atoms with van der Waals surface area (Å²) < 4.78 is 13.1. The van der Waals surface area contributed by atoms with Crippen LogP contribution in [-0.4, -0.2) is 9.97 Å². The molecule has 0 saturated carbocycles. The van der Waals surface area contributed by atoms with Gasteiger partial charge in [-0.3, -0.25) is 0 Å². The van der Waals surface area contributed by atoms with E-state index in [9.17, 15) is 4.39 Å². The molecule has 0 amide bonds. The van der Waals surface area contributed by atoms with Gasteiger partial charge in [0.2, 0.25) is 0 Å². The van der Waals surface area contributed by atoms with E-state index in [1.165, 1.54) is 12.1 Å². The Morgan fingerprint density at radius 1 is 1.11 bits per heavy atom. The summed E-state index contributed by atoms with van der Waals surface area (Å²) in [6.45, 7) is 0. The van der Waals surface area contributed by atoms with E-state index >= 15 is 0 Å². The topological polar surface area (TPSA) is 28.7 Å². The molecule has 0 bridgehead atoms. The van der Waals surface area contributed by atoms with Crippen molar-refractivity contribution in [2.75, 3.05) is 0 Å². The molecule has 0 fully saturated rings. The number of rotatable bonds is 2. The summed E-state index contributed by atoms with van der Waals surface area (Å²) in [5.41, 5.74) is 2.61. The lowest BCUT2D eigenvalue weighted by molar-refractivity contribution is 0.629. The van der Waals surface area contributed by atoms with Crippen molar-refractivity contribution in [2.45, 2.75) is 6.42 Å². The number of halogens is 2. The van der Waals surface area contributed by atoms with E-state index < -0.39 is 0 Å². The van der Waals surface area contributed by atoms with E-state index in [1.54, 1.807) is 6.07 Å². The third-order valence-electron chi connectivity index (χ3n) is 2.78. The molecule has 0 spiro atoms. The maximum absolute atomic E-state index is 13.1. The summed E-state index contributed by atoms with van der Waals surface area (Å²) in [7, 11) is 0. The highest BCUT2D eigenvalue weighted by Gasteiger charge is 2.04. The number of H-pyrrole nitrogens is 1. The molecule has 0 aliphatic heterocycles. The molecule has 0 aliphatic rings. The third-order valence-corrected chi connectivity index (χ3v) is 3.03. The molecule has 1 aromatic heterocycles. The Bertz CT molecular complexity index is 689. The van der Waals surface area contributed by atoms with E-state index in [-0.39, 0.29) is 5.82 Å². The first-order valence-corrected chi connectivity index (χ1v) is 5.97. The van der Waals surface area contributed by atoms with Crippen molar-refractivity contribution < 1.29 is 4.39 Å². The van der Waals surface area contributed by atoms with Crippen LogP contribution < -0.4 is 0 Å². The molecule has 4 heteroatoms. The first-order valence-electron chi connectivity index (χ1n) is 5.59. The molecule has 0 unspecified atom stereocenters. The molecule has 3 rings (SSSR count). The van der Waals surface area contributed by atoms with Crippen molar-refractivity contribution in [2.24, 2.45) is 0 Å². The van der Waals surface area contributed by atoms with E-state index in [1.807, 2.05) is 24.3 Å². The number of aromatic amines is 1. The zero-order valence-electron chi connectivity index (χ0n) is 9.45. The number of imidazole rings is 1. The van der Waals surface area contributed by atoms with Crippen LogP contribution >= 0.6 is 11.6 Å². The average molecular weight is 261 g/mol. The van der Waals surface area contributed by atoms with Crippen molar-refractivity contribution in [3.05, 3.63) is 64.7 Å². The number of aromatic nitrogens is 2. The Labute approximate surface area is 108 Å². The fourth-order valence-corrected chi connectivity index (χ4v) is 2.04.